The third kappa shape index (κ3) is 2.37. The third-order valence-electron chi connectivity index (χ3n) is 1.90. The third-order valence-corrected chi connectivity index (χ3v) is 2.31. The number of rotatable bonds is 2. The van der Waals surface area contributed by atoms with Gasteiger partial charge in [0, 0.05) is 17.8 Å². The van der Waals surface area contributed by atoms with Crippen LogP contribution in [0.15, 0.2) is 18.2 Å². The van der Waals surface area contributed by atoms with Gasteiger partial charge in [-0.05, 0) is 24.6 Å². The van der Waals surface area contributed by atoms with Gasteiger partial charge in [0.15, 0.2) is 0 Å². The predicted octanol–water partition coefficient (Wildman–Crippen LogP) is 2.61. The van der Waals surface area contributed by atoms with Crippen molar-refractivity contribution in [3.63, 3.8) is 0 Å². The molecule has 1 aromatic carbocycles. The molecule has 0 aliphatic carbocycles. The van der Waals surface area contributed by atoms with Gasteiger partial charge in [-0.15, -0.1) is 0 Å². The Hall–Kier alpha value is -1.20. The van der Waals surface area contributed by atoms with Crippen molar-refractivity contribution >= 4 is 17.3 Å². The summed E-state index contributed by atoms with van der Waals surface area (Å²) in [6, 6.07) is 7.86. The van der Waals surface area contributed by atoms with Gasteiger partial charge in [0.2, 0.25) is 0 Å². The monoisotopic (exact) mass is 194 g/mol. The van der Waals surface area contributed by atoms with Crippen molar-refractivity contribution in [3.05, 3.63) is 28.8 Å². The number of anilines is 1. The summed E-state index contributed by atoms with van der Waals surface area (Å²) in [7, 11) is 1.87. The number of hydrogen-bond acceptors (Lipinski definition) is 2. The lowest BCUT2D eigenvalue weighted by atomic mass is 10.2. The first-order valence-corrected chi connectivity index (χ1v) is 4.37. The van der Waals surface area contributed by atoms with Gasteiger partial charge in [-0.25, -0.2) is 0 Å². The summed E-state index contributed by atoms with van der Waals surface area (Å²) in [5, 5.41) is 9.24. The fourth-order valence-electron chi connectivity index (χ4n) is 1.02. The zero-order chi connectivity index (χ0) is 9.84. The van der Waals surface area contributed by atoms with E-state index < -0.39 is 0 Å². The number of hydrogen-bond donors (Lipinski definition) is 0. The Labute approximate surface area is 83.3 Å². The molecule has 0 N–H and O–H groups in total. The number of aryl methyl sites for hydroxylation is 1. The molecule has 2 nitrogen and oxygen atoms in total. The highest BCUT2D eigenvalue weighted by Gasteiger charge is 2.01. The Morgan fingerprint density at radius 3 is 2.77 bits per heavy atom. The molecule has 0 aliphatic heterocycles. The Morgan fingerprint density at radius 2 is 2.23 bits per heavy atom. The molecule has 1 rings (SSSR count). The molecule has 13 heavy (non-hydrogen) atoms. The van der Waals surface area contributed by atoms with E-state index in [0.717, 1.165) is 16.3 Å². The van der Waals surface area contributed by atoms with Crippen LogP contribution in [0.1, 0.15) is 5.56 Å². The van der Waals surface area contributed by atoms with Crippen LogP contribution in [0.4, 0.5) is 5.69 Å². The van der Waals surface area contributed by atoms with E-state index in [1.807, 2.05) is 37.1 Å². The normalized spacial score (nSPS) is 9.38. The van der Waals surface area contributed by atoms with Crippen LogP contribution in [0.25, 0.3) is 0 Å². The summed E-state index contributed by atoms with van der Waals surface area (Å²) >= 11 is 5.95. The Balaban J connectivity index is 2.91. The van der Waals surface area contributed by atoms with Gasteiger partial charge in [-0.2, -0.15) is 5.26 Å². The SMILES string of the molecule is Cc1ccc(N(C)CC#N)cc1Cl. The molecule has 3 heteroatoms. The summed E-state index contributed by atoms with van der Waals surface area (Å²) < 4.78 is 0. The number of nitriles is 1. The summed E-state index contributed by atoms with van der Waals surface area (Å²) in [6.07, 6.45) is 0. The van der Waals surface area contributed by atoms with Crippen molar-refractivity contribution in [1.82, 2.24) is 0 Å². The molecule has 68 valence electrons. The van der Waals surface area contributed by atoms with Crippen LogP contribution in [-0.4, -0.2) is 13.6 Å². The number of nitrogens with zero attached hydrogens (tertiary/aromatic N) is 2. The quantitative estimate of drug-likeness (QED) is 0.677. The molecule has 0 aliphatic rings. The van der Waals surface area contributed by atoms with Crippen molar-refractivity contribution in [2.24, 2.45) is 0 Å². The average molecular weight is 195 g/mol. The maximum Gasteiger partial charge on any atom is 0.105 e. The van der Waals surface area contributed by atoms with Gasteiger partial charge in [-0.1, -0.05) is 17.7 Å². The van der Waals surface area contributed by atoms with Gasteiger partial charge >= 0.3 is 0 Å². The van der Waals surface area contributed by atoms with Gasteiger partial charge in [0.25, 0.3) is 0 Å². The average Bonchev–Trinajstić information content (AvgIpc) is 2.10. The van der Waals surface area contributed by atoms with Crippen molar-refractivity contribution in [3.8, 4) is 6.07 Å². The highest BCUT2D eigenvalue weighted by Crippen LogP contribution is 2.21. The lowest BCUT2D eigenvalue weighted by Gasteiger charge is -2.15. The van der Waals surface area contributed by atoms with Crippen LogP contribution in [0.2, 0.25) is 5.02 Å². The van der Waals surface area contributed by atoms with Crippen molar-refractivity contribution in [2.45, 2.75) is 6.92 Å². The van der Waals surface area contributed by atoms with Gasteiger partial charge in [-0.3, -0.25) is 0 Å². The Bertz CT molecular complexity index is 341. The summed E-state index contributed by atoms with van der Waals surface area (Å²) in [6.45, 7) is 2.33. The van der Waals surface area contributed by atoms with E-state index in [2.05, 4.69) is 6.07 Å². The molecule has 0 amide bonds. The van der Waals surface area contributed by atoms with E-state index in [1.54, 1.807) is 0 Å². The molecular weight excluding hydrogens is 184 g/mol. The topological polar surface area (TPSA) is 27.0 Å². The van der Waals surface area contributed by atoms with E-state index >= 15 is 0 Å². The molecule has 1 aromatic rings. The number of benzene rings is 1. The maximum absolute atomic E-state index is 8.50. The van der Waals surface area contributed by atoms with Crippen molar-refractivity contribution in [2.75, 3.05) is 18.5 Å². The first-order chi connectivity index (χ1) is 6.15. The summed E-state index contributed by atoms with van der Waals surface area (Å²) in [5.41, 5.74) is 2.02. The molecule has 0 bridgehead atoms. The molecule has 0 saturated carbocycles. The van der Waals surface area contributed by atoms with E-state index in [-0.39, 0.29) is 0 Å². The lowest BCUT2D eigenvalue weighted by Crippen LogP contribution is -2.16. The molecular formula is C10H11ClN2. The van der Waals surface area contributed by atoms with Crippen LogP contribution in [0.5, 0.6) is 0 Å². The molecule has 0 spiro atoms. The first-order valence-electron chi connectivity index (χ1n) is 3.99. The predicted molar refractivity (Wildman–Crippen MR) is 55.1 cm³/mol. The second-order valence-corrected chi connectivity index (χ2v) is 3.35. The van der Waals surface area contributed by atoms with Gasteiger partial charge in [0.05, 0.1) is 6.07 Å². The number of halogens is 1. The Kier molecular flexibility index (Phi) is 3.16. The largest absolute Gasteiger partial charge is 0.361 e. The standard InChI is InChI=1S/C10H11ClN2/c1-8-3-4-9(7-10(8)11)13(2)6-5-12/h3-4,7H,6H2,1-2H3. The van der Waals surface area contributed by atoms with Crippen molar-refractivity contribution < 1.29 is 0 Å². The Morgan fingerprint density at radius 1 is 1.54 bits per heavy atom. The molecule has 0 heterocycles. The van der Waals surface area contributed by atoms with E-state index in [4.69, 9.17) is 16.9 Å². The summed E-state index contributed by atoms with van der Waals surface area (Å²) in [5.74, 6) is 0. The second kappa shape index (κ2) is 4.15. The van der Waals surface area contributed by atoms with Crippen LogP contribution in [0, 0.1) is 18.3 Å². The molecule has 0 atom stereocenters. The van der Waals surface area contributed by atoms with E-state index in [9.17, 15) is 0 Å². The van der Waals surface area contributed by atoms with Gasteiger partial charge < -0.3 is 4.90 Å². The minimum Gasteiger partial charge on any atom is -0.361 e. The van der Waals surface area contributed by atoms with Gasteiger partial charge in [0.1, 0.15) is 6.54 Å². The highest BCUT2D eigenvalue weighted by molar-refractivity contribution is 6.31. The molecule has 0 fully saturated rings. The lowest BCUT2D eigenvalue weighted by molar-refractivity contribution is 1.04. The van der Waals surface area contributed by atoms with Crippen LogP contribution in [0.3, 0.4) is 0 Å². The zero-order valence-corrected chi connectivity index (χ0v) is 8.47. The van der Waals surface area contributed by atoms with E-state index in [0.29, 0.717) is 6.54 Å². The maximum atomic E-state index is 8.50. The fraction of sp³-hybridized carbons (Fsp3) is 0.300. The molecule has 0 unspecified atom stereocenters. The fourth-order valence-corrected chi connectivity index (χ4v) is 1.19. The molecule has 0 aromatic heterocycles. The highest BCUT2D eigenvalue weighted by atomic mass is 35.5. The minimum atomic E-state index is 0.374. The van der Waals surface area contributed by atoms with Crippen LogP contribution in [-0.2, 0) is 0 Å². The van der Waals surface area contributed by atoms with E-state index in [1.165, 1.54) is 0 Å². The minimum absolute atomic E-state index is 0.374. The smallest absolute Gasteiger partial charge is 0.105 e. The zero-order valence-electron chi connectivity index (χ0n) is 7.71. The van der Waals surface area contributed by atoms with Crippen molar-refractivity contribution in [1.29, 1.82) is 5.26 Å². The van der Waals surface area contributed by atoms with Crippen LogP contribution >= 0.6 is 11.6 Å². The molecule has 0 saturated heterocycles. The first kappa shape index (κ1) is 9.88. The van der Waals surface area contributed by atoms with Crippen LogP contribution < -0.4 is 4.90 Å². The molecule has 0 radical (unpaired) electrons. The summed E-state index contributed by atoms with van der Waals surface area (Å²) in [4.78, 5) is 1.85. The second-order valence-electron chi connectivity index (χ2n) is 2.95.